The van der Waals surface area contributed by atoms with Gasteiger partial charge in [0.15, 0.2) is 0 Å². The van der Waals surface area contributed by atoms with E-state index in [4.69, 9.17) is 0 Å². The monoisotopic (exact) mass is 240 g/mol. The van der Waals surface area contributed by atoms with E-state index in [0.29, 0.717) is 0 Å². The highest BCUT2D eigenvalue weighted by molar-refractivity contribution is 5.78. The Morgan fingerprint density at radius 1 is 1.18 bits per heavy atom. The summed E-state index contributed by atoms with van der Waals surface area (Å²) in [6.45, 7) is 15.2. The van der Waals surface area contributed by atoms with Crippen molar-refractivity contribution < 1.29 is 4.79 Å². The van der Waals surface area contributed by atoms with Crippen LogP contribution in [0.25, 0.3) is 0 Å². The quantitative estimate of drug-likeness (QED) is 0.788. The van der Waals surface area contributed by atoms with Crippen LogP contribution < -0.4 is 5.32 Å². The van der Waals surface area contributed by atoms with E-state index in [1.165, 1.54) is 0 Å². The maximum Gasteiger partial charge on any atom is 0.318 e. The summed E-state index contributed by atoms with van der Waals surface area (Å²) in [5.41, 5.74) is -0.0171. The second kappa shape index (κ2) is 4.51. The zero-order valence-corrected chi connectivity index (χ0v) is 12.4. The van der Waals surface area contributed by atoms with Crippen molar-refractivity contribution in [2.45, 2.75) is 78.9 Å². The third kappa shape index (κ3) is 2.93. The molecule has 0 spiro atoms. The molecular weight excluding hydrogens is 212 g/mol. The molecule has 1 aliphatic rings. The largest absolute Gasteiger partial charge is 0.333 e. The maximum atomic E-state index is 12.2. The number of carbonyl (C=O) groups excluding carboxylic acids is 1. The molecule has 0 aromatic heterocycles. The van der Waals surface area contributed by atoms with Crippen molar-refractivity contribution >= 4 is 6.03 Å². The van der Waals surface area contributed by atoms with Crippen molar-refractivity contribution in [3.63, 3.8) is 0 Å². The van der Waals surface area contributed by atoms with Crippen molar-refractivity contribution in [1.29, 1.82) is 0 Å². The smallest absolute Gasteiger partial charge is 0.318 e. The average molecular weight is 240 g/mol. The predicted octanol–water partition coefficient (Wildman–Crippen LogP) is 3.39. The molecule has 1 heterocycles. The molecule has 3 heteroatoms. The van der Waals surface area contributed by atoms with Crippen LogP contribution >= 0.6 is 0 Å². The highest BCUT2D eigenvalue weighted by Gasteiger charge is 2.48. The zero-order chi connectivity index (χ0) is 13.4. The zero-order valence-electron chi connectivity index (χ0n) is 12.4. The van der Waals surface area contributed by atoms with Crippen molar-refractivity contribution in [2.24, 2.45) is 5.41 Å². The van der Waals surface area contributed by atoms with Gasteiger partial charge in [0.25, 0.3) is 0 Å². The van der Waals surface area contributed by atoms with Crippen LogP contribution in [0.4, 0.5) is 4.79 Å². The molecule has 17 heavy (non-hydrogen) atoms. The summed E-state index contributed by atoms with van der Waals surface area (Å²) in [5, 5.41) is 3.16. The molecule has 2 unspecified atom stereocenters. The van der Waals surface area contributed by atoms with Gasteiger partial charge in [0, 0.05) is 5.54 Å². The molecule has 0 aliphatic carbocycles. The summed E-state index contributed by atoms with van der Waals surface area (Å²) in [4.78, 5) is 14.2. The van der Waals surface area contributed by atoms with Gasteiger partial charge in [-0.05, 0) is 32.6 Å². The number of rotatable bonds is 2. The Kier molecular flexibility index (Phi) is 3.80. The van der Waals surface area contributed by atoms with Gasteiger partial charge in [0.2, 0.25) is 0 Å². The SMILES string of the molecule is CCCC1NC(=O)N(C(C)(C)C)C1C(C)(C)C. The third-order valence-corrected chi connectivity index (χ3v) is 3.40. The number of urea groups is 1. The highest BCUT2D eigenvalue weighted by atomic mass is 16.2. The summed E-state index contributed by atoms with van der Waals surface area (Å²) in [5.74, 6) is 0. The van der Waals surface area contributed by atoms with Crippen molar-refractivity contribution in [2.75, 3.05) is 0 Å². The molecular formula is C14H28N2O. The number of hydrogen-bond donors (Lipinski definition) is 1. The molecule has 1 fully saturated rings. The molecule has 0 aromatic carbocycles. The Bertz CT molecular complexity index is 286. The Labute approximate surface area is 106 Å². The van der Waals surface area contributed by atoms with Gasteiger partial charge < -0.3 is 10.2 Å². The molecule has 2 atom stereocenters. The molecule has 1 N–H and O–H groups in total. The van der Waals surface area contributed by atoms with Crippen molar-refractivity contribution in [3.8, 4) is 0 Å². The van der Waals surface area contributed by atoms with E-state index in [1.54, 1.807) is 0 Å². The number of nitrogens with one attached hydrogen (secondary N) is 1. The van der Waals surface area contributed by atoms with Crippen LogP contribution in [0.3, 0.4) is 0 Å². The van der Waals surface area contributed by atoms with E-state index in [1.807, 2.05) is 4.90 Å². The average Bonchev–Trinajstić information content (AvgIpc) is 2.41. The Morgan fingerprint density at radius 2 is 1.71 bits per heavy atom. The predicted molar refractivity (Wildman–Crippen MR) is 72.1 cm³/mol. The third-order valence-electron chi connectivity index (χ3n) is 3.40. The molecule has 0 bridgehead atoms. The van der Waals surface area contributed by atoms with E-state index in [9.17, 15) is 4.79 Å². The summed E-state index contributed by atoms with van der Waals surface area (Å²) in [6, 6.07) is 0.651. The summed E-state index contributed by atoms with van der Waals surface area (Å²) >= 11 is 0. The number of amides is 2. The van der Waals surface area contributed by atoms with Crippen LogP contribution in [0.1, 0.15) is 61.3 Å². The van der Waals surface area contributed by atoms with Crippen LogP contribution in [-0.2, 0) is 0 Å². The Balaban J connectivity index is 3.07. The molecule has 100 valence electrons. The molecule has 2 amide bonds. The first kappa shape index (κ1) is 14.3. The normalized spacial score (nSPS) is 26.3. The minimum Gasteiger partial charge on any atom is -0.333 e. The van der Waals surface area contributed by atoms with Gasteiger partial charge in [-0.25, -0.2) is 4.79 Å². The van der Waals surface area contributed by atoms with Gasteiger partial charge in [-0.3, -0.25) is 0 Å². The standard InChI is InChI=1S/C14H28N2O/c1-8-9-10-11(13(2,3)4)16(12(17)15-10)14(5,6)7/h10-11H,8-9H2,1-7H3,(H,15,17). The highest BCUT2D eigenvalue weighted by Crippen LogP contribution is 2.36. The molecule has 1 aliphatic heterocycles. The van der Waals surface area contributed by atoms with E-state index in [0.717, 1.165) is 12.8 Å². The minimum absolute atomic E-state index is 0.0934. The van der Waals surface area contributed by atoms with E-state index in [2.05, 4.69) is 53.8 Å². The first-order chi connectivity index (χ1) is 7.59. The molecule has 1 rings (SSSR count). The fourth-order valence-corrected chi connectivity index (χ4v) is 2.87. The fourth-order valence-electron chi connectivity index (χ4n) is 2.87. The van der Waals surface area contributed by atoms with Gasteiger partial charge in [0.1, 0.15) is 0 Å². The van der Waals surface area contributed by atoms with E-state index in [-0.39, 0.29) is 29.1 Å². The van der Waals surface area contributed by atoms with Crippen molar-refractivity contribution in [1.82, 2.24) is 10.2 Å². The first-order valence-electron chi connectivity index (χ1n) is 6.69. The van der Waals surface area contributed by atoms with Crippen LogP contribution in [0.15, 0.2) is 0 Å². The van der Waals surface area contributed by atoms with Crippen molar-refractivity contribution in [3.05, 3.63) is 0 Å². The number of carbonyl (C=O) groups is 1. The fraction of sp³-hybridized carbons (Fsp3) is 0.929. The Hall–Kier alpha value is -0.730. The van der Waals surface area contributed by atoms with Crippen LogP contribution in [0.2, 0.25) is 0 Å². The molecule has 0 aromatic rings. The van der Waals surface area contributed by atoms with Gasteiger partial charge in [0.05, 0.1) is 12.1 Å². The topological polar surface area (TPSA) is 32.3 Å². The lowest BCUT2D eigenvalue weighted by Crippen LogP contribution is -2.53. The van der Waals surface area contributed by atoms with E-state index < -0.39 is 0 Å². The number of hydrogen-bond acceptors (Lipinski definition) is 1. The first-order valence-corrected chi connectivity index (χ1v) is 6.69. The van der Waals surface area contributed by atoms with Gasteiger partial charge in [-0.2, -0.15) is 0 Å². The lowest BCUT2D eigenvalue weighted by Gasteiger charge is -2.43. The number of nitrogens with zero attached hydrogens (tertiary/aromatic N) is 1. The molecule has 3 nitrogen and oxygen atoms in total. The minimum atomic E-state index is -0.121. The maximum absolute atomic E-state index is 12.2. The van der Waals surface area contributed by atoms with Crippen LogP contribution in [0, 0.1) is 5.41 Å². The Morgan fingerprint density at radius 3 is 2.06 bits per heavy atom. The molecule has 1 saturated heterocycles. The van der Waals surface area contributed by atoms with Crippen LogP contribution in [0.5, 0.6) is 0 Å². The van der Waals surface area contributed by atoms with Crippen LogP contribution in [-0.4, -0.2) is 28.6 Å². The summed E-state index contributed by atoms with van der Waals surface area (Å²) in [7, 11) is 0. The molecule has 0 radical (unpaired) electrons. The lowest BCUT2D eigenvalue weighted by molar-refractivity contribution is 0.0728. The van der Waals surface area contributed by atoms with Gasteiger partial charge in [-0.15, -0.1) is 0 Å². The van der Waals surface area contributed by atoms with E-state index >= 15 is 0 Å². The van der Waals surface area contributed by atoms with Gasteiger partial charge in [-0.1, -0.05) is 34.1 Å². The molecule has 0 saturated carbocycles. The lowest BCUT2D eigenvalue weighted by atomic mass is 9.79. The van der Waals surface area contributed by atoms with Gasteiger partial charge >= 0.3 is 6.03 Å². The summed E-state index contributed by atoms with van der Waals surface area (Å²) in [6.07, 6.45) is 2.16. The second-order valence-electron chi connectivity index (χ2n) is 7.20. The summed E-state index contributed by atoms with van der Waals surface area (Å²) < 4.78 is 0. The second-order valence-corrected chi connectivity index (χ2v) is 7.20.